The maximum absolute atomic E-state index is 12.0. The quantitative estimate of drug-likeness (QED) is 0.808. The Bertz CT molecular complexity index is 850. The summed E-state index contributed by atoms with van der Waals surface area (Å²) in [4.78, 5) is 12.1. The van der Waals surface area contributed by atoms with Crippen molar-refractivity contribution in [3.63, 3.8) is 0 Å². The molecule has 0 aromatic heterocycles. The van der Waals surface area contributed by atoms with E-state index in [-0.39, 0.29) is 17.1 Å². The van der Waals surface area contributed by atoms with Crippen LogP contribution in [0.4, 0.5) is 0 Å². The van der Waals surface area contributed by atoms with Crippen molar-refractivity contribution < 1.29 is 17.9 Å². The zero-order valence-electron chi connectivity index (χ0n) is 11.8. The number of benzene rings is 2. The summed E-state index contributed by atoms with van der Waals surface area (Å²) < 4.78 is 28.1. The number of carbonyl (C=O) groups is 1. The van der Waals surface area contributed by atoms with Crippen molar-refractivity contribution in [2.45, 2.75) is 11.5 Å². The molecule has 2 aromatic rings. The van der Waals surface area contributed by atoms with Crippen LogP contribution in [-0.2, 0) is 21.2 Å². The van der Waals surface area contributed by atoms with E-state index in [2.05, 4.69) is 0 Å². The van der Waals surface area contributed by atoms with Gasteiger partial charge in [0.05, 0.1) is 22.1 Å². The molecule has 0 aliphatic rings. The van der Waals surface area contributed by atoms with Gasteiger partial charge in [-0.1, -0.05) is 24.3 Å². The summed E-state index contributed by atoms with van der Waals surface area (Å²) in [6, 6.07) is 14.5. The molecule has 0 saturated heterocycles. The first kappa shape index (κ1) is 15.7. The Hall–Kier alpha value is -2.65. The van der Waals surface area contributed by atoms with Gasteiger partial charge in [-0.3, -0.25) is 0 Å². The molecule has 6 heteroatoms. The number of sulfone groups is 1. The van der Waals surface area contributed by atoms with Crippen LogP contribution in [0.3, 0.4) is 0 Å². The van der Waals surface area contributed by atoms with Crippen molar-refractivity contribution in [3.8, 4) is 6.07 Å². The molecule has 0 spiro atoms. The zero-order chi connectivity index (χ0) is 16.2. The summed E-state index contributed by atoms with van der Waals surface area (Å²) in [6.45, 7) is -0.0499. The molecule has 0 aliphatic heterocycles. The van der Waals surface area contributed by atoms with Crippen LogP contribution in [0.5, 0.6) is 0 Å². The van der Waals surface area contributed by atoms with Gasteiger partial charge in [0.15, 0.2) is 9.84 Å². The molecule has 2 rings (SSSR count). The van der Waals surface area contributed by atoms with Crippen LogP contribution in [0.15, 0.2) is 53.4 Å². The van der Waals surface area contributed by atoms with Crippen molar-refractivity contribution in [2.24, 2.45) is 0 Å². The van der Waals surface area contributed by atoms with Gasteiger partial charge in [0.25, 0.3) is 0 Å². The number of nitriles is 1. The number of hydrogen-bond acceptors (Lipinski definition) is 5. The second kappa shape index (κ2) is 6.41. The van der Waals surface area contributed by atoms with Crippen LogP contribution >= 0.6 is 0 Å². The number of esters is 1. The lowest BCUT2D eigenvalue weighted by Gasteiger charge is -2.07. The molecule has 0 N–H and O–H groups in total. The molecule has 22 heavy (non-hydrogen) atoms. The van der Waals surface area contributed by atoms with Gasteiger partial charge in [-0.15, -0.1) is 0 Å². The van der Waals surface area contributed by atoms with E-state index in [1.807, 2.05) is 6.07 Å². The first-order chi connectivity index (χ1) is 10.4. The lowest BCUT2D eigenvalue weighted by atomic mass is 10.1. The Balaban J connectivity index is 2.15. The van der Waals surface area contributed by atoms with E-state index < -0.39 is 15.8 Å². The second-order valence-electron chi connectivity index (χ2n) is 4.65. The fraction of sp³-hybridized carbons (Fsp3) is 0.125. The van der Waals surface area contributed by atoms with E-state index in [0.717, 1.165) is 6.26 Å². The third kappa shape index (κ3) is 3.71. The smallest absolute Gasteiger partial charge is 0.338 e. The van der Waals surface area contributed by atoms with Crippen molar-refractivity contribution in [3.05, 3.63) is 65.2 Å². The molecular formula is C16H13NO4S. The van der Waals surface area contributed by atoms with E-state index in [4.69, 9.17) is 10.00 Å². The predicted octanol–water partition coefficient (Wildman–Crippen LogP) is 2.32. The summed E-state index contributed by atoms with van der Waals surface area (Å²) in [5.41, 5.74) is 1.18. The van der Waals surface area contributed by atoms with Crippen molar-refractivity contribution >= 4 is 15.8 Å². The van der Waals surface area contributed by atoms with Crippen LogP contribution in [0.1, 0.15) is 21.5 Å². The standard InChI is InChI=1S/C16H13NO4S/c1-22(19,20)15-8-4-7-12(9-15)16(18)21-11-14-6-3-2-5-13(14)10-17/h2-9H,11H2,1H3. The molecule has 0 aliphatic carbocycles. The predicted molar refractivity (Wildman–Crippen MR) is 79.8 cm³/mol. The first-order valence-electron chi connectivity index (χ1n) is 6.37. The molecule has 0 fully saturated rings. The summed E-state index contributed by atoms with van der Waals surface area (Å²) >= 11 is 0. The topological polar surface area (TPSA) is 84.2 Å². The number of hydrogen-bond donors (Lipinski definition) is 0. The maximum atomic E-state index is 12.0. The minimum absolute atomic E-state index is 0.0499. The van der Waals surface area contributed by atoms with Crippen LogP contribution in [0.25, 0.3) is 0 Å². The van der Waals surface area contributed by atoms with Crippen molar-refractivity contribution in [2.75, 3.05) is 6.26 Å². The summed E-state index contributed by atoms with van der Waals surface area (Å²) in [5, 5.41) is 8.97. The molecule has 0 amide bonds. The monoisotopic (exact) mass is 315 g/mol. The Morgan fingerprint density at radius 3 is 2.59 bits per heavy atom. The Labute approximate surface area is 128 Å². The largest absolute Gasteiger partial charge is 0.457 e. The van der Waals surface area contributed by atoms with Crippen LogP contribution in [-0.4, -0.2) is 20.6 Å². The summed E-state index contributed by atoms with van der Waals surface area (Å²) in [7, 11) is -3.39. The minimum Gasteiger partial charge on any atom is -0.457 e. The molecule has 0 radical (unpaired) electrons. The normalized spacial score (nSPS) is 10.7. The molecule has 0 atom stereocenters. The van der Waals surface area contributed by atoms with Crippen LogP contribution < -0.4 is 0 Å². The Morgan fingerprint density at radius 1 is 1.18 bits per heavy atom. The number of ether oxygens (including phenoxy) is 1. The molecule has 0 bridgehead atoms. The van der Waals surface area contributed by atoms with Gasteiger partial charge in [-0.25, -0.2) is 13.2 Å². The first-order valence-corrected chi connectivity index (χ1v) is 8.26. The average Bonchev–Trinajstić information content (AvgIpc) is 2.52. The fourth-order valence-corrected chi connectivity index (χ4v) is 2.50. The van der Waals surface area contributed by atoms with E-state index in [0.29, 0.717) is 11.1 Å². The number of nitrogens with zero attached hydrogens (tertiary/aromatic N) is 1. The highest BCUT2D eigenvalue weighted by Crippen LogP contribution is 2.14. The van der Waals surface area contributed by atoms with Gasteiger partial charge in [0.2, 0.25) is 0 Å². The van der Waals surface area contributed by atoms with Crippen molar-refractivity contribution in [1.29, 1.82) is 5.26 Å². The molecule has 0 unspecified atom stereocenters. The molecule has 5 nitrogen and oxygen atoms in total. The maximum Gasteiger partial charge on any atom is 0.338 e. The molecule has 112 valence electrons. The van der Waals surface area contributed by atoms with Gasteiger partial charge in [-0.2, -0.15) is 5.26 Å². The van der Waals surface area contributed by atoms with Gasteiger partial charge < -0.3 is 4.74 Å². The lowest BCUT2D eigenvalue weighted by molar-refractivity contribution is 0.0472. The third-order valence-electron chi connectivity index (χ3n) is 2.99. The Morgan fingerprint density at radius 2 is 1.91 bits per heavy atom. The van der Waals surface area contributed by atoms with Crippen LogP contribution in [0, 0.1) is 11.3 Å². The zero-order valence-corrected chi connectivity index (χ0v) is 12.6. The van der Waals surface area contributed by atoms with E-state index in [1.54, 1.807) is 24.3 Å². The highest BCUT2D eigenvalue weighted by Gasteiger charge is 2.13. The highest BCUT2D eigenvalue weighted by atomic mass is 32.2. The van der Waals surface area contributed by atoms with Gasteiger partial charge in [-0.05, 0) is 24.3 Å². The molecule has 0 saturated carbocycles. The minimum atomic E-state index is -3.39. The highest BCUT2D eigenvalue weighted by molar-refractivity contribution is 7.90. The Kier molecular flexibility index (Phi) is 4.59. The van der Waals surface area contributed by atoms with E-state index >= 15 is 0 Å². The fourth-order valence-electron chi connectivity index (χ4n) is 1.84. The van der Waals surface area contributed by atoms with Gasteiger partial charge >= 0.3 is 5.97 Å². The van der Waals surface area contributed by atoms with Crippen LogP contribution in [0.2, 0.25) is 0 Å². The SMILES string of the molecule is CS(=O)(=O)c1cccc(C(=O)OCc2ccccc2C#N)c1. The average molecular weight is 315 g/mol. The number of carbonyl (C=O) groups excluding carboxylic acids is 1. The van der Waals surface area contributed by atoms with Gasteiger partial charge in [0, 0.05) is 11.8 Å². The van der Waals surface area contributed by atoms with E-state index in [1.165, 1.54) is 24.3 Å². The third-order valence-corrected chi connectivity index (χ3v) is 4.10. The second-order valence-corrected chi connectivity index (χ2v) is 6.66. The molecule has 0 heterocycles. The molecular weight excluding hydrogens is 302 g/mol. The summed E-state index contributed by atoms with van der Waals surface area (Å²) in [6.07, 6.45) is 1.07. The number of rotatable bonds is 4. The van der Waals surface area contributed by atoms with Crippen molar-refractivity contribution in [1.82, 2.24) is 0 Å². The van der Waals surface area contributed by atoms with Gasteiger partial charge in [0.1, 0.15) is 6.61 Å². The van der Waals surface area contributed by atoms with E-state index in [9.17, 15) is 13.2 Å². The summed E-state index contributed by atoms with van der Waals surface area (Å²) in [5.74, 6) is -0.641. The lowest BCUT2D eigenvalue weighted by Crippen LogP contribution is -2.07. The molecule has 2 aromatic carbocycles.